The molecule has 32 heavy (non-hydrogen) atoms. The second kappa shape index (κ2) is 7.96. The molecule has 2 fully saturated rings. The summed E-state index contributed by atoms with van der Waals surface area (Å²) in [6, 6.07) is 11.9. The molecular formula is C25H31NO5S. The molecule has 6 nitrogen and oxygen atoms in total. The molecule has 172 valence electrons. The molecule has 2 bridgehead atoms. The highest BCUT2D eigenvalue weighted by Gasteiger charge is 2.68. The molecule has 0 unspecified atom stereocenters. The van der Waals surface area contributed by atoms with Gasteiger partial charge in [0.2, 0.25) is 15.8 Å². The number of esters is 1. The molecule has 2 saturated carbocycles. The van der Waals surface area contributed by atoms with Crippen molar-refractivity contribution in [1.29, 1.82) is 0 Å². The highest BCUT2D eigenvalue weighted by Crippen LogP contribution is 2.66. The number of rotatable bonds is 7. The maximum Gasteiger partial charge on any atom is 0.374 e. The van der Waals surface area contributed by atoms with Gasteiger partial charge in [-0.15, -0.1) is 0 Å². The van der Waals surface area contributed by atoms with Crippen LogP contribution in [0.25, 0.3) is 10.8 Å². The fourth-order valence-corrected chi connectivity index (χ4v) is 7.34. The van der Waals surface area contributed by atoms with Crippen LogP contribution in [0.5, 0.6) is 0 Å². The fourth-order valence-electron chi connectivity index (χ4n) is 5.84. The van der Waals surface area contributed by atoms with Gasteiger partial charge in [0.15, 0.2) is 0 Å². The molecule has 0 saturated heterocycles. The third-order valence-electron chi connectivity index (χ3n) is 8.03. The molecule has 2 aliphatic rings. The number of ketones is 1. The van der Waals surface area contributed by atoms with Gasteiger partial charge in [-0.3, -0.25) is 4.79 Å². The van der Waals surface area contributed by atoms with Crippen LogP contribution in [-0.2, 0) is 24.3 Å². The van der Waals surface area contributed by atoms with E-state index in [0.29, 0.717) is 11.8 Å². The van der Waals surface area contributed by atoms with Crippen LogP contribution in [0.2, 0.25) is 0 Å². The third-order valence-corrected chi connectivity index (χ3v) is 9.55. The van der Waals surface area contributed by atoms with Crippen LogP contribution in [0.1, 0.15) is 53.4 Å². The number of carbonyl (C=O) groups excluding carboxylic acids is 2. The maximum absolute atomic E-state index is 13.5. The number of hydrogen-bond acceptors (Lipinski definition) is 5. The van der Waals surface area contributed by atoms with Crippen molar-refractivity contribution in [3.8, 4) is 0 Å². The molecule has 0 amide bonds. The number of Topliss-reactive ketones (excluding diaryl/α,β-unsaturated/α-hetero) is 1. The molecule has 7 heteroatoms. The van der Waals surface area contributed by atoms with Gasteiger partial charge in [-0.1, -0.05) is 64.1 Å². The normalized spacial score (nSPS) is 28.7. The number of hydrogen-bond donors (Lipinski definition) is 1. The monoisotopic (exact) mass is 457 g/mol. The average molecular weight is 458 g/mol. The minimum Gasteiger partial charge on any atom is -0.454 e. The Kier molecular flexibility index (Phi) is 5.70. The molecule has 1 N–H and O–H groups in total. The van der Waals surface area contributed by atoms with E-state index in [2.05, 4.69) is 18.6 Å². The van der Waals surface area contributed by atoms with E-state index in [0.717, 1.165) is 18.2 Å². The molecule has 4 rings (SSSR count). The summed E-state index contributed by atoms with van der Waals surface area (Å²) in [7, 11) is -3.90. The van der Waals surface area contributed by atoms with Crippen LogP contribution in [-0.4, -0.2) is 32.3 Å². The fraction of sp³-hybridized carbons (Fsp3) is 0.520. The van der Waals surface area contributed by atoms with Gasteiger partial charge in [-0.25, -0.2) is 17.9 Å². The molecule has 4 atom stereocenters. The van der Waals surface area contributed by atoms with E-state index in [9.17, 15) is 18.0 Å². The first-order valence-corrected chi connectivity index (χ1v) is 12.7. The topological polar surface area (TPSA) is 89.5 Å². The molecule has 2 aromatic rings. The predicted molar refractivity (Wildman–Crippen MR) is 122 cm³/mol. The summed E-state index contributed by atoms with van der Waals surface area (Å²) in [5, 5.41) is 1.48. The zero-order chi connectivity index (χ0) is 23.3. The molecule has 0 aromatic heterocycles. The summed E-state index contributed by atoms with van der Waals surface area (Å²) in [6.45, 7) is 8.08. The Morgan fingerprint density at radius 2 is 1.78 bits per heavy atom. The molecule has 0 heterocycles. The van der Waals surface area contributed by atoms with Crippen LogP contribution in [0.4, 0.5) is 0 Å². The molecule has 2 aromatic carbocycles. The maximum atomic E-state index is 13.5. The second-order valence-corrected chi connectivity index (χ2v) is 11.6. The van der Waals surface area contributed by atoms with Crippen molar-refractivity contribution >= 4 is 32.5 Å². The number of ether oxygens (including phenoxy) is 1. The van der Waals surface area contributed by atoms with Crippen molar-refractivity contribution < 1.29 is 22.7 Å². The Balaban J connectivity index is 1.70. The minimum absolute atomic E-state index is 0.00340. The van der Waals surface area contributed by atoms with Gasteiger partial charge < -0.3 is 4.74 Å². The van der Waals surface area contributed by atoms with Crippen molar-refractivity contribution in [2.24, 2.45) is 16.7 Å². The summed E-state index contributed by atoms with van der Waals surface area (Å²) in [4.78, 5) is 24.9. The highest BCUT2D eigenvalue weighted by molar-refractivity contribution is 7.89. The lowest BCUT2D eigenvalue weighted by Gasteiger charge is -2.39. The van der Waals surface area contributed by atoms with Crippen molar-refractivity contribution in [2.45, 2.75) is 70.4 Å². The van der Waals surface area contributed by atoms with E-state index in [1.165, 1.54) is 0 Å². The van der Waals surface area contributed by atoms with Crippen LogP contribution < -0.4 is 4.72 Å². The Hall–Kier alpha value is -2.25. The van der Waals surface area contributed by atoms with Crippen molar-refractivity contribution in [1.82, 2.24) is 4.72 Å². The minimum atomic E-state index is -3.90. The van der Waals surface area contributed by atoms with E-state index < -0.39 is 39.3 Å². The Morgan fingerprint density at radius 1 is 1.09 bits per heavy atom. The largest absolute Gasteiger partial charge is 0.454 e. The van der Waals surface area contributed by atoms with E-state index in [1.54, 1.807) is 18.2 Å². The van der Waals surface area contributed by atoms with Crippen LogP contribution >= 0.6 is 0 Å². The molecule has 0 aliphatic heterocycles. The van der Waals surface area contributed by atoms with Crippen LogP contribution in [0, 0.1) is 16.7 Å². The Labute approximate surface area is 189 Å². The van der Waals surface area contributed by atoms with Crippen molar-refractivity contribution in [3.63, 3.8) is 0 Å². The van der Waals surface area contributed by atoms with E-state index >= 15 is 0 Å². The lowest BCUT2D eigenvalue weighted by Crippen LogP contribution is -2.51. The Bertz CT molecular complexity index is 1170. The summed E-state index contributed by atoms with van der Waals surface area (Å²) < 4.78 is 35.7. The number of nitrogens with one attached hydrogen (secondary N) is 1. The van der Waals surface area contributed by atoms with Gasteiger partial charge in [-0.2, -0.15) is 0 Å². The lowest BCUT2D eigenvalue weighted by molar-refractivity contribution is -0.165. The zero-order valence-electron chi connectivity index (χ0n) is 19.1. The first-order valence-electron chi connectivity index (χ1n) is 11.3. The average Bonchev–Trinajstić information content (AvgIpc) is 3.06. The van der Waals surface area contributed by atoms with Crippen molar-refractivity contribution in [2.75, 3.05) is 0 Å². The van der Waals surface area contributed by atoms with Crippen LogP contribution in [0.15, 0.2) is 47.4 Å². The van der Waals surface area contributed by atoms with Gasteiger partial charge in [0.05, 0.1) is 10.9 Å². The number of carbonyl (C=O) groups is 2. The summed E-state index contributed by atoms with van der Waals surface area (Å²) in [5.41, 5.74) is -0.677. The molecular weight excluding hydrogens is 426 g/mol. The van der Waals surface area contributed by atoms with E-state index in [4.69, 9.17) is 4.74 Å². The van der Waals surface area contributed by atoms with E-state index in [-0.39, 0.29) is 22.6 Å². The lowest BCUT2D eigenvalue weighted by atomic mass is 9.70. The number of benzene rings is 2. The van der Waals surface area contributed by atoms with E-state index in [1.807, 2.05) is 38.1 Å². The highest BCUT2D eigenvalue weighted by atomic mass is 32.2. The first-order chi connectivity index (χ1) is 15.0. The van der Waals surface area contributed by atoms with Crippen LogP contribution in [0.3, 0.4) is 0 Å². The van der Waals surface area contributed by atoms with Gasteiger partial charge in [0.1, 0.15) is 6.10 Å². The molecule has 2 aliphatic carbocycles. The summed E-state index contributed by atoms with van der Waals surface area (Å²) in [6.07, 6.45) is 1.64. The smallest absolute Gasteiger partial charge is 0.374 e. The number of sulfonamides is 1. The molecule has 0 radical (unpaired) electrons. The number of fused-ring (bicyclic) bond motifs is 3. The quantitative estimate of drug-likeness (QED) is 0.497. The second-order valence-electron chi connectivity index (χ2n) is 9.91. The zero-order valence-corrected chi connectivity index (χ0v) is 19.9. The van der Waals surface area contributed by atoms with Gasteiger partial charge in [0.25, 0.3) is 0 Å². The van der Waals surface area contributed by atoms with Crippen molar-refractivity contribution in [3.05, 3.63) is 42.5 Å². The Morgan fingerprint density at radius 3 is 2.50 bits per heavy atom. The SMILES string of the molecule is CCCC(=O)C(=O)O[C@@H]1[C@H](NS(=O)(=O)c2cccc3ccccc23)[C@H]2CC[C@]1(C)C2(C)C. The van der Waals surface area contributed by atoms with Gasteiger partial charge in [-0.05, 0) is 42.0 Å². The third kappa shape index (κ3) is 3.46. The van der Waals surface area contributed by atoms with Gasteiger partial charge in [0, 0.05) is 17.2 Å². The summed E-state index contributed by atoms with van der Waals surface area (Å²) in [5.74, 6) is -1.43. The standard InChI is InChI=1S/C25H31NO5S/c1-5-9-19(27)23(28)31-22-21(18-14-15-25(22,4)24(18,2)3)26-32(29,30)20-13-8-11-16-10-6-7-12-17(16)20/h6-8,10-13,18,21-22,26H,5,9,14-15H2,1-4H3/t18-,21-,22-,25+/m1/s1. The molecule has 0 spiro atoms. The summed E-state index contributed by atoms with van der Waals surface area (Å²) >= 11 is 0. The first kappa shape index (κ1) is 22.9. The van der Waals surface area contributed by atoms with Gasteiger partial charge >= 0.3 is 5.97 Å². The predicted octanol–water partition coefficient (Wildman–Crippen LogP) is 4.22.